The summed E-state index contributed by atoms with van der Waals surface area (Å²) in [6.45, 7) is 0. The summed E-state index contributed by atoms with van der Waals surface area (Å²) in [7, 11) is 0.832. The predicted molar refractivity (Wildman–Crippen MR) is 99.5 cm³/mol. The zero-order chi connectivity index (χ0) is 21.1. The van der Waals surface area contributed by atoms with Crippen molar-refractivity contribution >= 4 is 34.5 Å². The van der Waals surface area contributed by atoms with Gasteiger partial charge in [0.2, 0.25) is 11.6 Å². The van der Waals surface area contributed by atoms with Gasteiger partial charge in [0.15, 0.2) is 17.4 Å². The van der Waals surface area contributed by atoms with E-state index in [1.807, 2.05) is 0 Å². The van der Waals surface area contributed by atoms with Gasteiger partial charge in [0.05, 0.1) is 12.0 Å². The van der Waals surface area contributed by atoms with Gasteiger partial charge in [0, 0.05) is 11.4 Å². The number of halogens is 4. The van der Waals surface area contributed by atoms with E-state index in [9.17, 15) is 27.2 Å². The lowest BCUT2D eigenvalue weighted by atomic mass is 10.1. The van der Waals surface area contributed by atoms with Crippen molar-refractivity contribution < 1.29 is 31.9 Å². The highest BCUT2D eigenvalue weighted by molar-refractivity contribution is 7.12. The molecule has 1 aromatic heterocycles. The van der Waals surface area contributed by atoms with Crippen LogP contribution in [0.1, 0.15) is 20.0 Å². The van der Waals surface area contributed by atoms with E-state index in [1.54, 1.807) is 17.5 Å². The first-order chi connectivity index (χ1) is 13.8. The smallest absolute Gasteiger partial charge is 0.265 e. The van der Waals surface area contributed by atoms with Crippen LogP contribution in [0.2, 0.25) is 0 Å². The Morgan fingerprint density at radius 2 is 1.34 bits per heavy atom. The molecule has 0 bridgehead atoms. The summed E-state index contributed by atoms with van der Waals surface area (Å²) in [6, 6.07) is 8.92. The number of methoxy groups -OCH3 is 1. The van der Waals surface area contributed by atoms with E-state index in [1.165, 1.54) is 35.6 Å². The van der Waals surface area contributed by atoms with Gasteiger partial charge in [-0.2, -0.15) is 8.78 Å². The molecule has 0 saturated carbocycles. The lowest BCUT2D eigenvalue weighted by Gasteiger charge is -2.12. The van der Waals surface area contributed by atoms with Crippen LogP contribution in [0.5, 0.6) is 5.75 Å². The van der Waals surface area contributed by atoms with Crippen LogP contribution in [0.3, 0.4) is 0 Å². The fourth-order valence-electron chi connectivity index (χ4n) is 2.42. The maximum Gasteiger partial charge on any atom is 0.265 e. The molecule has 3 aromatic rings. The minimum absolute atomic E-state index is 0.0829. The SMILES string of the molecule is COc1c(F)c(F)c(C(=O)Nc2ccc(NC(=O)c3cccs3)cc2)c(F)c1F. The van der Waals surface area contributed by atoms with Crippen molar-refractivity contribution in [1.82, 2.24) is 0 Å². The molecular formula is C19H12F4N2O3S. The quantitative estimate of drug-likeness (QED) is 0.456. The molecule has 0 atom stereocenters. The number of carbonyl (C=O) groups excluding carboxylic acids is 2. The van der Waals surface area contributed by atoms with Crippen molar-refractivity contribution in [3.05, 3.63) is 75.5 Å². The molecule has 5 nitrogen and oxygen atoms in total. The van der Waals surface area contributed by atoms with E-state index in [-0.39, 0.29) is 11.6 Å². The number of ether oxygens (including phenoxy) is 1. The minimum Gasteiger partial charge on any atom is -0.491 e. The molecule has 0 radical (unpaired) electrons. The predicted octanol–water partition coefficient (Wildman–Crippen LogP) is 4.82. The fourth-order valence-corrected chi connectivity index (χ4v) is 3.04. The van der Waals surface area contributed by atoms with Gasteiger partial charge < -0.3 is 15.4 Å². The first-order valence-electron chi connectivity index (χ1n) is 7.99. The second kappa shape index (κ2) is 8.31. The summed E-state index contributed by atoms with van der Waals surface area (Å²) in [4.78, 5) is 24.6. The summed E-state index contributed by atoms with van der Waals surface area (Å²) in [5, 5.41) is 6.51. The number of hydrogen-bond acceptors (Lipinski definition) is 4. The lowest BCUT2D eigenvalue weighted by Crippen LogP contribution is -2.19. The molecule has 3 rings (SSSR count). The average Bonchev–Trinajstić information content (AvgIpc) is 3.24. The van der Waals surface area contributed by atoms with Crippen molar-refractivity contribution in [1.29, 1.82) is 0 Å². The van der Waals surface area contributed by atoms with Gasteiger partial charge in [-0.3, -0.25) is 9.59 Å². The molecular weight excluding hydrogens is 412 g/mol. The topological polar surface area (TPSA) is 67.4 Å². The number of benzene rings is 2. The number of nitrogens with one attached hydrogen (secondary N) is 2. The maximum atomic E-state index is 14.0. The third-order valence-electron chi connectivity index (χ3n) is 3.80. The van der Waals surface area contributed by atoms with Gasteiger partial charge in [-0.1, -0.05) is 6.07 Å². The Bertz CT molecular complexity index is 1040. The van der Waals surface area contributed by atoms with Crippen LogP contribution in [0.4, 0.5) is 28.9 Å². The lowest BCUT2D eigenvalue weighted by molar-refractivity contribution is 0.101. The Morgan fingerprint density at radius 1 is 0.828 bits per heavy atom. The van der Waals surface area contributed by atoms with Gasteiger partial charge in [0.1, 0.15) is 5.56 Å². The summed E-state index contributed by atoms with van der Waals surface area (Å²) >= 11 is 1.26. The normalized spacial score (nSPS) is 10.5. The first-order valence-corrected chi connectivity index (χ1v) is 8.87. The first kappa shape index (κ1) is 20.3. The molecule has 1 heterocycles. The van der Waals surface area contributed by atoms with Crippen LogP contribution in [-0.4, -0.2) is 18.9 Å². The zero-order valence-electron chi connectivity index (χ0n) is 14.7. The number of rotatable bonds is 5. The van der Waals surface area contributed by atoms with E-state index in [0.29, 0.717) is 10.6 Å². The molecule has 0 saturated heterocycles. The van der Waals surface area contributed by atoms with Gasteiger partial charge in [-0.15, -0.1) is 11.3 Å². The summed E-state index contributed by atoms with van der Waals surface area (Å²) < 4.78 is 59.8. The number of thiophene rings is 1. The summed E-state index contributed by atoms with van der Waals surface area (Å²) in [5.41, 5.74) is -0.935. The van der Waals surface area contributed by atoms with Crippen molar-refractivity contribution in [2.75, 3.05) is 17.7 Å². The highest BCUT2D eigenvalue weighted by atomic mass is 32.1. The third-order valence-corrected chi connectivity index (χ3v) is 4.67. The van der Waals surface area contributed by atoms with Crippen LogP contribution in [0.25, 0.3) is 0 Å². The highest BCUT2D eigenvalue weighted by Gasteiger charge is 2.30. The molecule has 0 spiro atoms. The number of amides is 2. The van der Waals surface area contributed by atoms with Gasteiger partial charge in [0.25, 0.3) is 11.8 Å². The van der Waals surface area contributed by atoms with Crippen molar-refractivity contribution in [2.45, 2.75) is 0 Å². The van der Waals surface area contributed by atoms with Crippen molar-refractivity contribution in [2.24, 2.45) is 0 Å². The summed E-state index contributed by atoms with van der Waals surface area (Å²) in [6.07, 6.45) is 0. The average molecular weight is 424 g/mol. The maximum absolute atomic E-state index is 14.0. The molecule has 2 aromatic carbocycles. The Balaban J connectivity index is 1.77. The van der Waals surface area contributed by atoms with Crippen molar-refractivity contribution in [3.63, 3.8) is 0 Å². The standard InChI is InChI=1S/C19H12F4N2O3S/c1-28-17-15(22)13(20)12(14(21)16(17)23)19(27)25-10-6-4-9(5-7-10)24-18(26)11-3-2-8-29-11/h2-8H,1H3,(H,24,26)(H,25,27). The molecule has 0 aliphatic heterocycles. The molecule has 2 amide bonds. The van der Waals surface area contributed by atoms with Crippen LogP contribution in [-0.2, 0) is 0 Å². The van der Waals surface area contributed by atoms with E-state index in [4.69, 9.17) is 0 Å². The van der Waals surface area contributed by atoms with Crippen LogP contribution in [0.15, 0.2) is 41.8 Å². The monoisotopic (exact) mass is 424 g/mol. The van der Waals surface area contributed by atoms with Crippen LogP contribution < -0.4 is 15.4 Å². The van der Waals surface area contributed by atoms with Gasteiger partial charge in [-0.25, -0.2) is 8.78 Å². The third kappa shape index (κ3) is 4.06. The van der Waals surface area contributed by atoms with Crippen LogP contribution in [0, 0.1) is 23.3 Å². The number of anilines is 2. The Kier molecular flexibility index (Phi) is 5.83. The molecule has 0 fully saturated rings. The molecule has 0 aliphatic rings. The molecule has 0 unspecified atom stereocenters. The zero-order valence-corrected chi connectivity index (χ0v) is 15.5. The van der Waals surface area contributed by atoms with Gasteiger partial charge >= 0.3 is 0 Å². The molecule has 150 valence electrons. The van der Waals surface area contributed by atoms with Gasteiger partial charge in [-0.05, 0) is 35.7 Å². The molecule has 2 N–H and O–H groups in total. The Labute approximate surface area is 165 Å². The Morgan fingerprint density at radius 3 is 1.79 bits per heavy atom. The van der Waals surface area contributed by atoms with Crippen molar-refractivity contribution in [3.8, 4) is 5.75 Å². The van der Waals surface area contributed by atoms with E-state index in [0.717, 1.165) is 7.11 Å². The fraction of sp³-hybridized carbons (Fsp3) is 0.0526. The van der Waals surface area contributed by atoms with Crippen LogP contribution >= 0.6 is 11.3 Å². The Hall–Kier alpha value is -3.40. The molecule has 29 heavy (non-hydrogen) atoms. The van der Waals surface area contributed by atoms with E-state index in [2.05, 4.69) is 15.4 Å². The largest absolute Gasteiger partial charge is 0.491 e. The number of hydrogen-bond donors (Lipinski definition) is 2. The second-order valence-corrected chi connectivity index (χ2v) is 6.57. The molecule has 10 heteroatoms. The number of carbonyl (C=O) groups is 2. The molecule has 0 aliphatic carbocycles. The second-order valence-electron chi connectivity index (χ2n) is 5.63. The summed E-state index contributed by atoms with van der Waals surface area (Å²) in [5.74, 6) is -10.4. The minimum atomic E-state index is -1.88. The van der Waals surface area contributed by atoms with E-state index >= 15 is 0 Å². The van der Waals surface area contributed by atoms with E-state index < -0.39 is 40.5 Å². The highest BCUT2D eigenvalue weighted by Crippen LogP contribution is 2.30.